The summed E-state index contributed by atoms with van der Waals surface area (Å²) >= 11 is 0. The topological polar surface area (TPSA) is 45.2 Å². The summed E-state index contributed by atoms with van der Waals surface area (Å²) in [6.45, 7) is 3.03. The Morgan fingerprint density at radius 3 is 2.94 bits per heavy atom. The molecule has 1 aliphatic rings. The number of piperidine rings is 1. The van der Waals surface area contributed by atoms with Crippen LogP contribution in [0, 0.1) is 5.92 Å². The number of carbonyl (C=O) groups excluding carboxylic acids is 1. The standard InChI is InChI=1S/C14H21N3O/c1-17(11-12-4-7-15-8-5-12)14(18)9-13-3-2-6-16-10-13/h2-3,6,10,12,15H,4-5,7-9,11H2,1H3. The third-order valence-electron chi connectivity index (χ3n) is 3.49. The van der Waals surface area contributed by atoms with Crippen LogP contribution in [0.5, 0.6) is 0 Å². The number of hydrogen-bond acceptors (Lipinski definition) is 3. The van der Waals surface area contributed by atoms with Crippen molar-refractivity contribution in [3.63, 3.8) is 0 Å². The molecular weight excluding hydrogens is 226 g/mol. The molecule has 0 atom stereocenters. The monoisotopic (exact) mass is 247 g/mol. The van der Waals surface area contributed by atoms with Gasteiger partial charge in [-0.1, -0.05) is 6.07 Å². The highest BCUT2D eigenvalue weighted by Gasteiger charge is 2.18. The Balaban J connectivity index is 1.81. The SMILES string of the molecule is CN(CC1CCNCC1)C(=O)Cc1cccnc1. The van der Waals surface area contributed by atoms with Crippen LogP contribution in [0.1, 0.15) is 18.4 Å². The van der Waals surface area contributed by atoms with Gasteiger partial charge in [0.15, 0.2) is 0 Å². The number of amides is 1. The quantitative estimate of drug-likeness (QED) is 0.866. The minimum atomic E-state index is 0.182. The highest BCUT2D eigenvalue weighted by molar-refractivity contribution is 5.78. The molecule has 0 radical (unpaired) electrons. The maximum absolute atomic E-state index is 12.1. The van der Waals surface area contributed by atoms with Crippen molar-refractivity contribution >= 4 is 5.91 Å². The van der Waals surface area contributed by atoms with E-state index in [4.69, 9.17) is 0 Å². The Morgan fingerprint density at radius 2 is 2.28 bits per heavy atom. The maximum Gasteiger partial charge on any atom is 0.226 e. The summed E-state index contributed by atoms with van der Waals surface area (Å²) in [4.78, 5) is 18.0. The van der Waals surface area contributed by atoms with Crippen molar-refractivity contribution in [3.05, 3.63) is 30.1 Å². The van der Waals surface area contributed by atoms with Crippen molar-refractivity contribution in [2.45, 2.75) is 19.3 Å². The fraction of sp³-hybridized carbons (Fsp3) is 0.571. The van der Waals surface area contributed by atoms with E-state index >= 15 is 0 Å². The number of aromatic nitrogens is 1. The minimum absolute atomic E-state index is 0.182. The molecule has 0 aliphatic carbocycles. The lowest BCUT2D eigenvalue weighted by Gasteiger charge is -2.27. The van der Waals surface area contributed by atoms with E-state index in [0.29, 0.717) is 12.3 Å². The van der Waals surface area contributed by atoms with E-state index in [-0.39, 0.29) is 5.91 Å². The predicted octanol–water partition coefficient (Wildman–Crippen LogP) is 1.08. The molecule has 4 heteroatoms. The van der Waals surface area contributed by atoms with Crippen molar-refractivity contribution in [2.24, 2.45) is 5.92 Å². The van der Waals surface area contributed by atoms with E-state index in [2.05, 4.69) is 10.3 Å². The summed E-state index contributed by atoms with van der Waals surface area (Å²) in [5, 5.41) is 3.35. The van der Waals surface area contributed by atoms with Gasteiger partial charge in [0, 0.05) is 26.0 Å². The highest BCUT2D eigenvalue weighted by atomic mass is 16.2. The average Bonchev–Trinajstić information content (AvgIpc) is 2.41. The van der Waals surface area contributed by atoms with Crippen molar-refractivity contribution in [1.29, 1.82) is 0 Å². The van der Waals surface area contributed by atoms with Gasteiger partial charge in [-0.15, -0.1) is 0 Å². The number of nitrogens with zero attached hydrogens (tertiary/aromatic N) is 2. The largest absolute Gasteiger partial charge is 0.345 e. The van der Waals surface area contributed by atoms with E-state index < -0.39 is 0 Å². The second-order valence-electron chi connectivity index (χ2n) is 5.01. The first-order valence-electron chi connectivity index (χ1n) is 6.59. The van der Waals surface area contributed by atoms with E-state index in [1.165, 1.54) is 12.8 Å². The van der Waals surface area contributed by atoms with E-state index in [9.17, 15) is 4.79 Å². The fourth-order valence-electron chi connectivity index (χ4n) is 2.37. The molecule has 1 amide bonds. The second-order valence-corrected chi connectivity index (χ2v) is 5.01. The van der Waals surface area contributed by atoms with E-state index in [0.717, 1.165) is 25.2 Å². The first kappa shape index (κ1) is 13.0. The van der Waals surface area contributed by atoms with Gasteiger partial charge in [-0.25, -0.2) is 0 Å². The van der Waals surface area contributed by atoms with Crippen LogP contribution in [-0.2, 0) is 11.2 Å². The van der Waals surface area contributed by atoms with Gasteiger partial charge in [0.25, 0.3) is 0 Å². The van der Waals surface area contributed by atoms with Crippen LogP contribution < -0.4 is 5.32 Å². The maximum atomic E-state index is 12.1. The molecule has 2 heterocycles. The Kier molecular flexibility index (Phi) is 4.70. The van der Waals surface area contributed by atoms with E-state index in [1.54, 1.807) is 12.4 Å². The smallest absolute Gasteiger partial charge is 0.226 e. The molecule has 18 heavy (non-hydrogen) atoms. The van der Waals surface area contributed by atoms with Crippen LogP contribution in [0.25, 0.3) is 0 Å². The molecular formula is C14H21N3O. The van der Waals surface area contributed by atoms with Crippen molar-refractivity contribution in [3.8, 4) is 0 Å². The predicted molar refractivity (Wildman–Crippen MR) is 71.2 cm³/mol. The van der Waals surface area contributed by atoms with Crippen LogP contribution in [0.2, 0.25) is 0 Å². The Morgan fingerprint density at radius 1 is 1.50 bits per heavy atom. The van der Waals surface area contributed by atoms with Gasteiger partial charge in [0.2, 0.25) is 5.91 Å². The average molecular weight is 247 g/mol. The molecule has 2 rings (SSSR count). The summed E-state index contributed by atoms with van der Waals surface area (Å²) in [5.74, 6) is 0.829. The summed E-state index contributed by atoms with van der Waals surface area (Å²) in [5.41, 5.74) is 0.986. The summed E-state index contributed by atoms with van der Waals surface area (Å²) in [6.07, 6.45) is 6.29. The molecule has 0 unspecified atom stereocenters. The lowest BCUT2D eigenvalue weighted by molar-refractivity contribution is -0.129. The van der Waals surface area contributed by atoms with Crippen LogP contribution in [0.4, 0.5) is 0 Å². The molecule has 1 aromatic rings. The zero-order valence-corrected chi connectivity index (χ0v) is 10.9. The van der Waals surface area contributed by atoms with Crippen LogP contribution in [0.15, 0.2) is 24.5 Å². The lowest BCUT2D eigenvalue weighted by atomic mass is 9.97. The van der Waals surface area contributed by atoms with Crippen molar-refractivity contribution < 1.29 is 4.79 Å². The van der Waals surface area contributed by atoms with Gasteiger partial charge in [-0.2, -0.15) is 0 Å². The number of likely N-dealkylation sites (N-methyl/N-ethyl adjacent to an activating group) is 1. The first-order chi connectivity index (χ1) is 8.75. The van der Waals surface area contributed by atoms with Crippen molar-refractivity contribution in [2.75, 3.05) is 26.7 Å². The zero-order valence-electron chi connectivity index (χ0n) is 10.9. The fourth-order valence-corrected chi connectivity index (χ4v) is 2.37. The molecule has 1 aliphatic heterocycles. The number of nitrogens with one attached hydrogen (secondary N) is 1. The molecule has 0 aromatic carbocycles. The van der Waals surface area contributed by atoms with Gasteiger partial charge in [-0.05, 0) is 43.5 Å². The molecule has 0 saturated carbocycles. The van der Waals surface area contributed by atoms with Crippen LogP contribution in [0.3, 0.4) is 0 Å². The first-order valence-corrected chi connectivity index (χ1v) is 6.59. The number of pyridine rings is 1. The Bertz CT molecular complexity index is 374. The zero-order chi connectivity index (χ0) is 12.8. The van der Waals surface area contributed by atoms with E-state index in [1.807, 2.05) is 24.1 Å². The minimum Gasteiger partial charge on any atom is -0.345 e. The lowest BCUT2D eigenvalue weighted by Crippen LogP contribution is -2.37. The van der Waals surface area contributed by atoms with Crippen LogP contribution in [-0.4, -0.2) is 42.5 Å². The molecule has 1 saturated heterocycles. The molecule has 0 bridgehead atoms. The molecule has 0 spiro atoms. The Labute approximate surface area is 108 Å². The molecule has 1 fully saturated rings. The van der Waals surface area contributed by atoms with Gasteiger partial charge >= 0.3 is 0 Å². The van der Waals surface area contributed by atoms with Gasteiger partial charge in [-0.3, -0.25) is 9.78 Å². The summed E-state index contributed by atoms with van der Waals surface area (Å²) in [6, 6.07) is 3.82. The molecule has 1 N–H and O–H groups in total. The normalized spacial score (nSPS) is 16.5. The second kappa shape index (κ2) is 6.50. The molecule has 1 aromatic heterocycles. The number of rotatable bonds is 4. The number of hydrogen-bond donors (Lipinski definition) is 1. The molecule has 98 valence electrons. The Hall–Kier alpha value is -1.42. The van der Waals surface area contributed by atoms with Gasteiger partial charge in [0.05, 0.1) is 6.42 Å². The number of carbonyl (C=O) groups is 1. The summed E-state index contributed by atoms with van der Waals surface area (Å²) in [7, 11) is 1.90. The van der Waals surface area contributed by atoms with Crippen molar-refractivity contribution in [1.82, 2.24) is 15.2 Å². The molecule has 4 nitrogen and oxygen atoms in total. The summed E-state index contributed by atoms with van der Waals surface area (Å²) < 4.78 is 0. The third-order valence-corrected chi connectivity index (χ3v) is 3.49. The van der Waals surface area contributed by atoms with Crippen LogP contribution >= 0.6 is 0 Å². The third kappa shape index (κ3) is 3.81. The van der Waals surface area contributed by atoms with Gasteiger partial charge < -0.3 is 10.2 Å². The highest BCUT2D eigenvalue weighted by Crippen LogP contribution is 2.13. The van der Waals surface area contributed by atoms with Gasteiger partial charge in [0.1, 0.15) is 0 Å².